The number of carbonyl (C=O) groups is 2. The number of rotatable bonds is 9. The highest BCUT2D eigenvalue weighted by atomic mass is 16.6. The van der Waals surface area contributed by atoms with Gasteiger partial charge in [0, 0.05) is 6.42 Å². The first kappa shape index (κ1) is 18.4. The fraction of sp³-hybridized carbons (Fsp3) is 0.789. The van der Waals surface area contributed by atoms with Crippen molar-refractivity contribution in [3.63, 3.8) is 0 Å². The molecule has 3 rings (SSSR count). The van der Waals surface area contributed by atoms with Crippen LogP contribution in [-0.2, 0) is 28.5 Å². The topological polar surface area (TPSA) is 77.7 Å². The van der Waals surface area contributed by atoms with Gasteiger partial charge < -0.3 is 18.9 Å². The molecule has 25 heavy (non-hydrogen) atoms. The van der Waals surface area contributed by atoms with E-state index < -0.39 is 0 Å². The first-order valence-electron chi connectivity index (χ1n) is 9.30. The molecule has 2 aliphatic heterocycles. The minimum Gasteiger partial charge on any atom is -0.463 e. The summed E-state index contributed by atoms with van der Waals surface area (Å²) < 4.78 is 20.7. The molecule has 1 aliphatic carbocycles. The molecular weight excluding hydrogens is 324 g/mol. The van der Waals surface area contributed by atoms with Crippen LogP contribution in [0.4, 0.5) is 0 Å². The largest absolute Gasteiger partial charge is 0.463 e. The molecule has 0 radical (unpaired) electrons. The number of hydrogen-bond acceptors (Lipinski definition) is 6. The van der Waals surface area contributed by atoms with Gasteiger partial charge in [0.2, 0.25) is 0 Å². The third-order valence-electron chi connectivity index (χ3n) is 5.43. The van der Waals surface area contributed by atoms with Crippen molar-refractivity contribution in [2.24, 2.45) is 17.8 Å². The predicted octanol–water partition coefficient (Wildman–Crippen LogP) is 2.26. The molecule has 0 amide bonds. The molecule has 2 saturated heterocycles. The predicted molar refractivity (Wildman–Crippen MR) is 89.8 cm³/mol. The first-order valence-corrected chi connectivity index (χ1v) is 9.30. The maximum absolute atomic E-state index is 12.2. The Morgan fingerprint density at radius 3 is 2.12 bits per heavy atom. The third-order valence-corrected chi connectivity index (χ3v) is 5.43. The van der Waals surface area contributed by atoms with Gasteiger partial charge in [-0.15, -0.1) is 0 Å². The molecule has 5 atom stereocenters. The van der Waals surface area contributed by atoms with Crippen molar-refractivity contribution in [2.45, 2.75) is 51.2 Å². The van der Waals surface area contributed by atoms with Gasteiger partial charge in [0.15, 0.2) is 0 Å². The summed E-state index contributed by atoms with van der Waals surface area (Å²) in [5.74, 6) is 0.0385. The Labute approximate surface area is 148 Å². The van der Waals surface area contributed by atoms with E-state index in [1.165, 1.54) is 0 Å². The van der Waals surface area contributed by atoms with E-state index in [0.717, 1.165) is 24.8 Å². The van der Waals surface area contributed by atoms with Gasteiger partial charge in [-0.3, -0.25) is 9.59 Å². The normalized spacial score (nSPS) is 33.6. The van der Waals surface area contributed by atoms with Crippen LogP contribution in [0.5, 0.6) is 0 Å². The molecule has 0 aromatic carbocycles. The maximum Gasteiger partial charge on any atom is 0.306 e. The van der Waals surface area contributed by atoms with Crippen molar-refractivity contribution >= 4 is 11.9 Å². The summed E-state index contributed by atoms with van der Waals surface area (Å²) in [5.41, 5.74) is 1.08. The van der Waals surface area contributed by atoms with Gasteiger partial charge in [-0.2, -0.15) is 0 Å². The molecule has 6 nitrogen and oxygen atoms in total. The average molecular weight is 352 g/mol. The van der Waals surface area contributed by atoms with E-state index in [9.17, 15) is 9.59 Å². The molecule has 3 aliphatic rings. The van der Waals surface area contributed by atoms with Crippen molar-refractivity contribution in [3.05, 3.63) is 12.2 Å². The molecule has 5 unspecified atom stereocenters. The second kappa shape index (κ2) is 8.32. The molecule has 0 bridgehead atoms. The lowest BCUT2D eigenvalue weighted by molar-refractivity contribution is -0.149. The Hall–Kier alpha value is -1.40. The highest BCUT2D eigenvalue weighted by Gasteiger charge is 2.37. The van der Waals surface area contributed by atoms with Crippen LogP contribution < -0.4 is 0 Å². The second-order valence-electron chi connectivity index (χ2n) is 7.31. The van der Waals surface area contributed by atoms with E-state index in [1.807, 2.05) is 0 Å². The summed E-state index contributed by atoms with van der Waals surface area (Å²) in [7, 11) is 0. The van der Waals surface area contributed by atoms with E-state index in [4.69, 9.17) is 18.9 Å². The van der Waals surface area contributed by atoms with Crippen molar-refractivity contribution in [1.82, 2.24) is 0 Å². The van der Waals surface area contributed by atoms with Crippen molar-refractivity contribution in [1.29, 1.82) is 0 Å². The zero-order chi connectivity index (χ0) is 17.8. The first-order chi connectivity index (χ1) is 12.1. The van der Waals surface area contributed by atoms with Gasteiger partial charge in [0.05, 0.1) is 19.6 Å². The van der Waals surface area contributed by atoms with E-state index in [2.05, 4.69) is 13.5 Å². The van der Waals surface area contributed by atoms with Gasteiger partial charge >= 0.3 is 11.9 Å². The summed E-state index contributed by atoms with van der Waals surface area (Å²) in [4.78, 5) is 24.3. The number of epoxide rings is 2. The Kier molecular flexibility index (Phi) is 6.12. The van der Waals surface area contributed by atoms with Crippen molar-refractivity contribution in [2.75, 3.05) is 26.4 Å². The highest BCUT2D eigenvalue weighted by Crippen LogP contribution is 2.42. The zero-order valence-electron chi connectivity index (χ0n) is 14.9. The molecule has 140 valence electrons. The van der Waals surface area contributed by atoms with E-state index in [0.29, 0.717) is 38.8 Å². The van der Waals surface area contributed by atoms with Crippen LogP contribution in [0.15, 0.2) is 12.2 Å². The Bertz CT molecular complexity index is 508. The number of hydrogen-bond donors (Lipinski definition) is 0. The Morgan fingerprint density at radius 2 is 1.60 bits per heavy atom. The molecule has 0 spiro atoms. The third kappa shape index (κ3) is 5.54. The Balaban J connectivity index is 1.53. The number of carbonyl (C=O) groups excluding carboxylic acids is 2. The van der Waals surface area contributed by atoms with Gasteiger partial charge in [0.25, 0.3) is 0 Å². The smallest absolute Gasteiger partial charge is 0.306 e. The summed E-state index contributed by atoms with van der Waals surface area (Å²) in [6.07, 6.45) is 3.69. The SMILES string of the molecule is C=C1C(CC)CCC(CC(=O)OCC2CO2)C1CC(=O)OCC1CO1. The van der Waals surface area contributed by atoms with Gasteiger partial charge in [-0.25, -0.2) is 0 Å². The minimum atomic E-state index is -0.233. The molecule has 2 heterocycles. The van der Waals surface area contributed by atoms with Crippen LogP contribution in [0, 0.1) is 17.8 Å². The molecule has 0 aromatic heterocycles. The molecule has 6 heteroatoms. The molecule has 3 fully saturated rings. The second-order valence-corrected chi connectivity index (χ2v) is 7.31. The van der Waals surface area contributed by atoms with E-state index in [-0.39, 0.29) is 42.4 Å². The lowest BCUT2D eigenvalue weighted by Crippen LogP contribution is -2.32. The van der Waals surface area contributed by atoms with E-state index >= 15 is 0 Å². The monoisotopic (exact) mass is 352 g/mol. The summed E-state index contributed by atoms with van der Waals surface area (Å²) >= 11 is 0. The summed E-state index contributed by atoms with van der Waals surface area (Å²) in [6.45, 7) is 8.38. The van der Waals surface area contributed by atoms with E-state index in [1.54, 1.807) is 0 Å². The summed E-state index contributed by atoms with van der Waals surface area (Å²) in [6, 6.07) is 0. The number of ether oxygens (including phenoxy) is 4. The van der Waals surface area contributed by atoms with Crippen LogP contribution in [0.1, 0.15) is 39.0 Å². The maximum atomic E-state index is 12.2. The van der Waals surface area contributed by atoms with Crippen molar-refractivity contribution < 1.29 is 28.5 Å². The molecular formula is C19H28O6. The number of esters is 2. The number of allylic oxidation sites excluding steroid dienone is 1. The fourth-order valence-electron chi connectivity index (χ4n) is 3.63. The van der Waals surface area contributed by atoms with Crippen LogP contribution in [0.3, 0.4) is 0 Å². The van der Waals surface area contributed by atoms with Crippen molar-refractivity contribution in [3.8, 4) is 0 Å². The standard InChI is InChI=1S/C19H28O6/c1-3-13-4-5-14(6-18(20)24-10-15-8-22-15)17(12(13)2)7-19(21)25-11-16-9-23-16/h13-17H,2-11H2,1H3. The highest BCUT2D eigenvalue weighted by molar-refractivity contribution is 5.72. The van der Waals surface area contributed by atoms with Crippen LogP contribution >= 0.6 is 0 Å². The molecule has 0 N–H and O–H groups in total. The average Bonchev–Trinajstić information content (AvgIpc) is 3.48. The van der Waals surface area contributed by atoms with Crippen LogP contribution in [-0.4, -0.2) is 50.6 Å². The fourth-order valence-corrected chi connectivity index (χ4v) is 3.63. The lowest BCUT2D eigenvalue weighted by Gasteiger charge is -2.37. The zero-order valence-corrected chi connectivity index (χ0v) is 14.9. The molecule has 0 aromatic rings. The minimum absolute atomic E-state index is 0.0175. The lowest BCUT2D eigenvalue weighted by atomic mass is 9.68. The van der Waals surface area contributed by atoms with Gasteiger partial charge in [0.1, 0.15) is 25.4 Å². The quantitative estimate of drug-likeness (QED) is 0.360. The Morgan fingerprint density at radius 1 is 1.04 bits per heavy atom. The van der Waals surface area contributed by atoms with Gasteiger partial charge in [-0.1, -0.05) is 19.1 Å². The molecule has 1 saturated carbocycles. The van der Waals surface area contributed by atoms with Crippen LogP contribution in [0.25, 0.3) is 0 Å². The summed E-state index contributed by atoms with van der Waals surface area (Å²) in [5, 5.41) is 0. The van der Waals surface area contributed by atoms with Crippen LogP contribution in [0.2, 0.25) is 0 Å². The van der Waals surface area contributed by atoms with Gasteiger partial charge in [-0.05, 0) is 37.0 Å².